The molecule has 0 bridgehead atoms. The summed E-state index contributed by atoms with van der Waals surface area (Å²) < 4.78 is 27.4. The minimum Gasteiger partial charge on any atom is -0.306 e. The monoisotopic (exact) mass is 346 g/mol. The van der Waals surface area contributed by atoms with E-state index in [1.54, 1.807) is 28.6 Å². The highest BCUT2D eigenvalue weighted by Crippen LogP contribution is 2.23. The molecule has 0 atom stereocenters. The molecule has 0 radical (unpaired) electrons. The van der Waals surface area contributed by atoms with Crippen LogP contribution in [0.1, 0.15) is 12.8 Å². The summed E-state index contributed by atoms with van der Waals surface area (Å²) in [6.45, 7) is 1.20. The molecule has 0 amide bonds. The zero-order chi connectivity index (χ0) is 14.0. The summed E-state index contributed by atoms with van der Waals surface area (Å²) in [5.41, 5.74) is 0. The molecular formula is C13H19BrN2O2S. The van der Waals surface area contributed by atoms with Crippen LogP contribution in [0, 0.1) is 0 Å². The van der Waals surface area contributed by atoms with Gasteiger partial charge in [-0.2, -0.15) is 4.31 Å². The zero-order valence-corrected chi connectivity index (χ0v) is 13.6. The molecule has 6 heteroatoms. The van der Waals surface area contributed by atoms with Crippen molar-refractivity contribution in [3.8, 4) is 0 Å². The number of benzene rings is 1. The quantitative estimate of drug-likeness (QED) is 0.841. The van der Waals surface area contributed by atoms with Gasteiger partial charge in [-0.25, -0.2) is 8.42 Å². The van der Waals surface area contributed by atoms with Crippen LogP contribution in [0.3, 0.4) is 0 Å². The summed E-state index contributed by atoms with van der Waals surface area (Å²) in [4.78, 5) is 2.54. The molecule has 19 heavy (non-hydrogen) atoms. The van der Waals surface area contributed by atoms with E-state index in [4.69, 9.17) is 0 Å². The molecule has 1 saturated heterocycles. The molecule has 0 aliphatic carbocycles. The van der Waals surface area contributed by atoms with Crippen LogP contribution in [-0.2, 0) is 10.0 Å². The Morgan fingerprint density at radius 2 is 1.68 bits per heavy atom. The van der Waals surface area contributed by atoms with Crippen molar-refractivity contribution in [3.63, 3.8) is 0 Å². The summed E-state index contributed by atoms with van der Waals surface area (Å²) >= 11 is 3.32. The maximum Gasteiger partial charge on any atom is 0.243 e. The fourth-order valence-electron chi connectivity index (χ4n) is 2.35. The SMILES string of the molecule is CN(C)C1CCN(S(=O)(=O)c2ccc(Br)cc2)CC1. The summed E-state index contributed by atoms with van der Waals surface area (Å²) in [6, 6.07) is 7.31. The first-order valence-electron chi connectivity index (χ1n) is 6.33. The van der Waals surface area contributed by atoms with Crippen LogP contribution in [0.4, 0.5) is 0 Å². The van der Waals surface area contributed by atoms with Crippen LogP contribution in [0.25, 0.3) is 0 Å². The first-order valence-corrected chi connectivity index (χ1v) is 8.57. The standard InChI is InChI=1S/C13H19BrN2O2S/c1-15(2)12-7-9-16(10-8-12)19(17,18)13-5-3-11(14)4-6-13/h3-6,12H,7-10H2,1-2H3. The van der Waals surface area contributed by atoms with Gasteiger partial charge in [-0.1, -0.05) is 15.9 Å². The molecule has 1 aliphatic rings. The van der Waals surface area contributed by atoms with Crippen molar-refractivity contribution in [2.75, 3.05) is 27.2 Å². The number of rotatable bonds is 3. The lowest BCUT2D eigenvalue weighted by Crippen LogP contribution is -2.44. The lowest BCUT2D eigenvalue weighted by atomic mass is 10.1. The maximum atomic E-state index is 12.5. The summed E-state index contributed by atoms with van der Waals surface area (Å²) in [7, 11) is 0.756. The molecule has 1 aromatic carbocycles. The Hall–Kier alpha value is -0.430. The topological polar surface area (TPSA) is 40.6 Å². The van der Waals surface area contributed by atoms with Gasteiger partial charge in [0.15, 0.2) is 0 Å². The third-order valence-corrected chi connectivity index (χ3v) is 6.05. The van der Waals surface area contributed by atoms with Gasteiger partial charge in [0.1, 0.15) is 0 Å². The van der Waals surface area contributed by atoms with Crippen LogP contribution >= 0.6 is 15.9 Å². The Morgan fingerprint density at radius 1 is 1.16 bits per heavy atom. The summed E-state index contributed by atoms with van der Waals surface area (Å²) in [5, 5.41) is 0. The van der Waals surface area contributed by atoms with Gasteiger partial charge >= 0.3 is 0 Å². The van der Waals surface area contributed by atoms with E-state index in [0.717, 1.165) is 17.3 Å². The molecule has 106 valence electrons. The number of hydrogen-bond acceptors (Lipinski definition) is 3. The predicted molar refractivity (Wildman–Crippen MR) is 79.6 cm³/mol. The number of piperidine rings is 1. The Kier molecular flexibility index (Phi) is 4.66. The Morgan fingerprint density at radius 3 is 2.16 bits per heavy atom. The van der Waals surface area contributed by atoms with Gasteiger partial charge in [-0.3, -0.25) is 0 Å². The van der Waals surface area contributed by atoms with E-state index < -0.39 is 10.0 Å². The predicted octanol–water partition coefficient (Wildman–Crippen LogP) is 2.16. The third-order valence-electron chi connectivity index (χ3n) is 3.61. The zero-order valence-electron chi connectivity index (χ0n) is 11.2. The number of sulfonamides is 1. The normalized spacial score (nSPS) is 18.9. The van der Waals surface area contributed by atoms with Gasteiger partial charge in [-0.05, 0) is 51.2 Å². The van der Waals surface area contributed by atoms with Gasteiger partial charge in [0.2, 0.25) is 10.0 Å². The average Bonchev–Trinajstić information content (AvgIpc) is 2.39. The first-order chi connectivity index (χ1) is 8.91. The van der Waals surface area contributed by atoms with Crippen LogP contribution in [0.2, 0.25) is 0 Å². The first kappa shape index (κ1) is 15.0. The molecule has 0 unspecified atom stereocenters. The van der Waals surface area contributed by atoms with Crippen molar-refractivity contribution in [1.29, 1.82) is 0 Å². The fraction of sp³-hybridized carbons (Fsp3) is 0.538. The van der Waals surface area contributed by atoms with Gasteiger partial charge in [0.05, 0.1) is 4.90 Å². The second-order valence-electron chi connectivity index (χ2n) is 5.05. The van der Waals surface area contributed by atoms with Crippen molar-refractivity contribution in [2.24, 2.45) is 0 Å². The number of halogens is 1. The molecule has 4 nitrogen and oxygen atoms in total. The molecular weight excluding hydrogens is 328 g/mol. The average molecular weight is 347 g/mol. The van der Waals surface area contributed by atoms with Crippen LogP contribution < -0.4 is 0 Å². The Bertz CT molecular complexity index is 520. The van der Waals surface area contributed by atoms with Crippen LogP contribution in [-0.4, -0.2) is 50.8 Å². The van der Waals surface area contributed by atoms with E-state index in [-0.39, 0.29) is 0 Å². The molecule has 1 heterocycles. The molecule has 0 spiro atoms. The summed E-state index contributed by atoms with van der Waals surface area (Å²) in [6.07, 6.45) is 1.78. The molecule has 1 aromatic rings. The van der Waals surface area contributed by atoms with Crippen molar-refractivity contribution < 1.29 is 8.42 Å². The van der Waals surface area contributed by atoms with Crippen LogP contribution in [0.15, 0.2) is 33.6 Å². The van der Waals surface area contributed by atoms with Crippen LogP contribution in [0.5, 0.6) is 0 Å². The van der Waals surface area contributed by atoms with E-state index in [1.807, 2.05) is 14.1 Å². The third kappa shape index (κ3) is 3.37. The lowest BCUT2D eigenvalue weighted by Gasteiger charge is -2.34. The fourth-order valence-corrected chi connectivity index (χ4v) is 4.09. The van der Waals surface area contributed by atoms with E-state index in [0.29, 0.717) is 24.0 Å². The van der Waals surface area contributed by atoms with Gasteiger partial charge in [0, 0.05) is 23.6 Å². The molecule has 0 N–H and O–H groups in total. The molecule has 0 saturated carbocycles. The minimum absolute atomic E-state index is 0.374. The largest absolute Gasteiger partial charge is 0.306 e. The second kappa shape index (κ2) is 5.91. The summed E-state index contributed by atoms with van der Waals surface area (Å²) in [5.74, 6) is 0. The molecule has 1 aliphatic heterocycles. The van der Waals surface area contributed by atoms with Crippen molar-refractivity contribution in [3.05, 3.63) is 28.7 Å². The Labute approximate surface area is 123 Å². The molecule has 0 aromatic heterocycles. The molecule has 1 fully saturated rings. The van der Waals surface area contributed by atoms with Crippen molar-refractivity contribution in [2.45, 2.75) is 23.8 Å². The minimum atomic E-state index is -3.33. The van der Waals surface area contributed by atoms with Gasteiger partial charge < -0.3 is 4.90 Å². The van der Waals surface area contributed by atoms with Gasteiger partial charge in [-0.15, -0.1) is 0 Å². The number of nitrogens with zero attached hydrogens (tertiary/aromatic N) is 2. The van der Waals surface area contributed by atoms with E-state index in [1.165, 1.54) is 0 Å². The smallest absolute Gasteiger partial charge is 0.243 e. The lowest BCUT2D eigenvalue weighted by molar-refractivity contribution is 0.196. The highest BCUT2D eigenvalue weighted by Gasteiger charge is 2.29. The Balaban J connectivity index is 2.12. The molecule has 2 rings (SSSR count). The van der Waals surface area contributed by atoms with Gasteiger partial charge in [0.25, 0.3) is 0 Å². The van der Waals surface area contributed by atoms with E-state index in [9.17, 15) is 8.42 Å². The van der Waals surface area contributed by atoms with E-state index >= 15 is 0 Å². The highest BCUT2D eigenvalue weighted by atomic mass is 79.9. The van der Waals surface area contributed by atoms with Crippen molar-refractivity contribution >= 4 is 26.0 Å². The van der Waals surface area contributed by atoms with E-state index in [2.05, 4.69) is 20.8 Å². The number of hydrogen-bond donors (Lipinski definition) is 0. The maximum absolute atomic E-state index is 12.5. The second-order valence-corrected chi connectivity index (χ2v) is 7.91. The highest BCUT2D eigenvalue weighted by molar-refractivity contribution is 9.10. The van der Waals surface area contributed by atoms with Crippen molar-refractivity contribution in [1.82, 2.24) is 9.21 Å².